The van der Waals surface area contributed by atoms with E-state index in [1.807, 2.05) is 34.7 Å². The number of carbonyl (C=O) groups excluding carboxylic acids is 1. The number of fused-ring (bicyclic) bond motifs is 3. The predicted octanol–water partition coefficient (Wildman–Crippen LogP) is 1.95. The lowest BCUT2D eigenvalue weighted by molar-refractivity contribution is 0.0483. The van der Waals surface area contributed by atoms with E-state index < -0.39 is 0 Å². The molecule has 2 atom stereocenters. The molecule has 6 nitrogen and oxygen atoms in total. The number of aromatic nitrogens is 2. The van der Waals surface area contributed by atoms with Gasteiger partial charge in [-0.05, 0) is 44.7 Å². The lowest BCUT2D eigenvalue weighted by Crippen LogP contribution is -2.46. The molecule has 6 heteroatoms. The van der Waals surface area contributed by atoms with Crippen LogP contribution in [-0.2, 0) is 11.3 Å². The largest absolute Gasteiger partial charge is 0.379 e. The van der Waals surface area contributed by atoms with Crippen LogP contribution in [0.2, 0.25) is 0 Å². The Bertz CT molecular complexity index is 831. The molecule has 2 aromatic rings. The third-order valence-electron chi connectivity index (χ3n) is 5.52. The number of rotatable bonds is 3. The molecule has 0 aliphatic carbocycles. The third-order valence-corrected chi connectivity index (χ3v) is 5.52. The number of amides is 1. The highest BCUT2D eigenvalue weighted by molar-refractivity contribution is 5.94. The Balaban J connectivity index is 1.56. The number of carbonyl (C=O) groups is 1. The molecule has 27 heavy (non-hydrogen) atoms. The van der Waals surface area contributed by atoms with Crippen LogP contribution in [0.15, 0.2) is 30.3 Å². The fourth-order valence-electron chi connectivity index (χ4n) is 4.30. The summed E-state index contributed by atoms with van der Waals surface area (Å²) in [4.78, 5) is 17.7. The van der Waals surface area contributed by atoms with Crippen molar-refractivity contribution in [1.29, 1.82) is 0 Å². The average Bonchev–Trinajstić information content (AvgIpc) is 2.77. The van der Waals surface area contributed by atoms with E-state index >= 15 is 0 Å². The molecule has 2 fully saturated rings. The second-order valence-corrected chi connectivity index (χ2v) is 8.02. The summed E-state index contributed by atoms with van der Waals surface area (Å²) < 4.78 is 7.80. The highest BCUT2D eigenvalue weighted by Crippen LogP contribution is 2.21. The first-order chi connectivity index (χ1) is 13.0. The van der Waals surface area contributed by atoms with E-state index in [2.05, 4.69) is 36.1 Å². The fourth-order valence-corrected chi connectivity index (χ4v) is 4.30. The first-order valence-corrected chi connectivity index (χ1v) is 9.67. The molecule has 0 saturated carbocycles. The second-order valence-electron chi connectivity index (χ2n) is 8.02. The summed E-state index contributed by atoms with van der Waals surface area (Å²) in [6.07, 6.45) is 0. The Labute approximate surface area is 160 Å². The van der Waals surface area contributed by atoms with Crippen molar-refractivity contribution in [3.63, 3.8) is 0 Å². The molecule has 0 radical (unpaired) electrons. The molecule has 144 valence electrons. The topological polar surface area (TPSA) is 50.6 Å². The molecule has 4 rings (SSSR count). The van der Waals surface area contributed by atoms with Gasteiger partial charge in [0.25, 0.3) is 5.91 Å². The highest BCUT2D eigenvalue weighted by atomic mass is 16.5. The number of hydrogen-bond acceptors (Lipinski definition) is 4. The maximum Gasteiger partial charge on any atom is 0.254 e. The molecule has 2 aliphatic rings. The van der Waals surface area contributed by atoms with Gasteiger partial charge in [0.1, 0.15) is 0 Å². The van der Waals surface area contributed by atoms with Gasteiger partial charge in [-0.3, -0.25) is 9.48 Å². The summed E-state index contributed by atoms with van der Waals surface area (Å²) in [6.45, 7) is 8.73. The Hall–Kier alpha value is -2.18. The standard InChI is InChI=1S/C21H28N4O2/c1-15-7-16(2)25(22-15)11-17-5-4-6-19(8-17)21(26)24-10-18-9-23(3)12-20(24)14-27-13-18/h4-8,18,20H,9-14H2,1-3H3/t18-,20-/m0/s1. The zero-order valence-electron chi connectivity index (χ0n) is 16.4. The monoisotopic (exact) mass is 368 g/mol. The average molecular weight is 368 g/mol. The van der Waals surface area contributed by atoms with Crippen molar-refractivity contribution in [1.82, 2.24) is 19.6 Å². The van der Waals surface area contributed by atoms with Crippen LogP contribution >= 0.6 is 0 Å². The Morgan fingerprint density at radius 1 is 1.19 bits per heavy atom. The smallest absolute Gasteiger partial charge is 0.254 e. The van der Waals surface area contributed by atoms with Gasteiger partial charge in [-0.2, -0.15) is 5.10 Å². The quantitative estimate of drug-likeness (QED) is 0.831. The molecule has 0 spiro atoms. The van der Waals surface area contributed by atoms with Crippen molar-refractivity contribution >= 4 is 5.91 Å². The van der Waals surface area contributed by atoms with Crippen LogP contribution in [0.3, 0.4) is 0 Å². The molecule has 0 unspecified atom stereocenters. The third kappa shape index (κ3) is 3.92. The SMILES string of the molecule is Cc1cc(C)n(Cc2cccc(C(=O)N3C[C@H]4COC[C@@H]3CN(C)C4)c2)n1. The van der Waals surface area contributed by atoms with Crippen molar-refractivity contribution in [3.8, 4) is 0 Å². The number of nitrogens with zero attached hydrogens (tertiary/aromatic N) is 4. The minimum atomic E-state index is 0.112. The number of hydrogen-bond donors (Lipinski definition) is 0. The molecule has 1 aromatic heterocycles. The van der Waals surface area contributed by atoms with Gasteiger partial charge in [0, 0.05) is 36.8 Å². The lowest BCUT2D eigenvalue weighted by atomic mass is 10.1. The number of aryl methyl sites for hydroxylation is 2. The van der Waals surface area contributed by atoms with E-state index in [4.69, 9.17) is 4.74 Å². The normalized spacial score (nSPS) is 23.3. The van der Waals surface area contributed by atoms with Crippen LogP contribution in [0.25, 0.3) is 0 Å². The molecule has 1 amide bonds. The van der Waals surface area contributed by atoms with Crippen molar-refractivity contribution < 1.29 is 9.53 Å². The van der Waals surface area contributed by atoms with E-state index in [0.29, 0.717) is 19.1 Å². The summed E-state index contributed by atoms with van der Waals surface area (Å²) >= 11 is 0. The van der Waals surface area contributed by atoms with Crippen LogP contribution < -0.4 is 0 Å². The van der Waals surface area contributed by atoms with Crippen molar-refractivity contribution in [2.75, 3.05) is 39.9 Å². The minimum absolute atomic E-state index is 0.112. The molecule has 0 N–H and O–H groups in total. The lowest BCUT2D eigenvalue weighted by Gasteiger charge is -2.30. The molecule has 1 aromatic carbocycles. The molecular formula is C21H28N4O2. The van der Waals surface area contributed by atoms with Gasteiger partial charge >= 0.3 is 0 Å². The van der Waals surface area contributed by atoms with E-state index in [0.717, 1.165) is 48.8 Å². The Morgan fingerprint density at radius 2 is 2.04 bits per heavy atom. The molecular weight excluding hydrogens is 340 g/mol. The van der Waals surface area contributed by atoms with Crippen molar-refractivity contribution in [3.05, 3.63) is 52.8 Å². The number of likely N-dealkylation sites (N-methyl/N-ethyl adjacent to an activating group) is 1. The van der Waals surface area contributed by atoms with Crippen LogP contribution in [-0.4, -0.2) is 71.4 Å². The summed E-state index contributed by atoms with van der Waals surface area (Å²) in [5.74, 6) is 0.491. The van der Waals surface area contributed by atoms with Crippen LogP contribution in [0.5, 0.6) is 0 Å². The summed E-state index contributed by atoms with van der Waals surface area (Å²) in [5.41, 5.74) is 3.99. The zero-order valence-corrected chi connectivity index (χ0v) is 16.4. The first kappa shape index (κ1) is 18.2. The van der Waals surface area contributed by atoms with E-state index in [-0.39, 0.29) is 11.9 Å². The van der Waals surface area contributed by atoms with Crippen molar-refractivity contribution in [2.45, 2.75) is 26.4 Å². The fraction of sp³-hybridized carbons (Fsp3) is 0.524. The van der Waals surface area contributed by atoms with Gasteiger partial charge in [0.05, 0.1) is 31.5 Å². The summed E-state index contributed by atoms with van der Waals surface area (Å²) in [7, 11) is 2.13. The van der Waals surface area contributed by atoms with Gasteiger partial charge < -0.3 is 14.5 Å². The van der Waals surface area contributed by atoms with E-state index in [1.54, 1.807) is 0 Å². The maximum absolute atomic E-state index is 13.3. The van der Waals surface area contributed by atoms with Gasteiger partial charge in [-0.15, -0.1) is 0 Å². The van der Waals surface area contributed by atoms with Gasteiger partial charge in [-0.1, -0.05) is 12.1 Å². The summed E-state index contributed by atoms with van der Waals surface area (Å²) in [5, 5.41) is 4.53. The van der Waals surface area contributed by atoms with Crippen LogP contribution in [0, 0.1) is 19.8 Å². The van der Waals surface area contributed by atoms with Crippen LogP contribution in [0.1, 0.15) is 27.3 Å². The first-order valence-electron chi connectivity index (χ1n) is 9.67. The number of benzene rings is 1. The van der Waals surface area contributed by atoms with Gasteiger partial charge in [0.2, 0.25) is 0 Å². The summed E-state index contributed by atoms with van der Waals surface area (Å²) in [6, 6.07) is 10.2. The van der Waals surface area contributed by atoms with E-state index in [9.17, 15) is 4.79 Å². The molecule has 2 saturated heterocycles. The maximum atomic E-state index is 13.3. The van der Waals surface area contributed by atoms with E-state index in [1.165, 1.54) is 0 Å². The minimum Gasteiger partial charge on any atom is -0.379 e. The van der Waals surface area contributed by atoms with Gasteiger partial charge in [0.15, 0.2) is 0 Å². The number of ether oxygens (including phenoxy) is 1. The molecule has 3 heterocycles. The Morgan fingerprint density at radius 3 is 2.81 bits per heavy atom. The zero-order chi connectivity index (χ0) is 19.0. The molecule has 2 aliphatic heterocycles. The molecule has 2 bridgehead atoms. The van der Waals surface area contributed by atoms with Crippen molar-refractivity contribution in [2.24, 2.45) is 5.92 Å². The van der Waals surface area contributed by atoms with Crippen LogP contribution in [0.4, 0.5) is 0 Å². The van der Waals surface area contributed by atoms with Gasteiger partial charge in [-0.25, -0.2) is 0 Å². The Kier molecular flexibility index (Phi) is 5.02. The predicted molar refractivity (Wildman–Crippen MR) is 104 cm³/mol. The second kappa shape index (κ2) is 7.44. The highest BCUT2D eigenvalue weighted by Gasteiger charge is 2.35.